The Morgan fingerprint density at radius 2 is 1.82 bits per heavy atom. The first-order valence-electron chi connectivity index (χ1n) is 4.43. The molecule has 1 nitrogen and oxygen atoms in total. The molecule has 0 saturated carbocycles. The fourth-order valence-electron chi connectivity index (χ4n) is 1.24. The molecule has 0 aliphatic carbocycles. The Kier molecular flexibility index (Phi) is 4.18. The fourth-order valence-corrected chi connectivity index (χ4v) is 3.48. The van der Waals surface area contributed by atoms with Crippen LogP contribution in [-0.2, 0) is 0 Å². The van der Waals surface area contributed by atoms with E-state index in [0.29, 0.717) is 14.9 Å². The Balaban J connectivity index is 2.40. The highest BCUT2D eigenvalue weighted by molar-refractivity contribution is 9.13. The standard InChI is InChI=1S/C11H4Br3FOS/c12-6-2-1-5(3-8(6)15)10(16)9-4-7(13)11(14)17-9/h1-4H. The van der Waals surface area contributed by atoms with Crippen molar-refractivity contribution in [2.45, 2.75) is 0 Å². The maximum absolute atomic E-state index is 13.3. The molecule has 1 heterocycles. The highest BCUT2D eigenvalue weighted by Crippen LogP contribution is 2.33. The predicted molar refractivity (Wildman–Crippen MR) is 77.3 cm³/mol. The summed E-state index contributed by atoms with van der Waals surface area (Å²) < 4.78 is 15.3. The molecule has 88 valence electrons. The Bertz CT molecular complexity index is 575. The van der Waals surface area contributed by atoms with E-state index in [0.717, 1.165) is 8.26 Å². The van der Waals surface area contributed by atoms with Gasteiger partial charge in [0, 0.05) is 10.0 Å². The van der Waals surface area contributed by atoms with Gasteiger partial charge in [-0.25, -0.2) is 4.39 Å². The molecule has 0 radical (unpaired) electrons. The zero-order valence-corrected chi connectivity index (χ0v) is 13.7. The number of thiophene rings is 1. The molecule has 6 heteroatoms. The predicted octanol–water partition coefficient (Wildman–Crippen LogP) is 5.41. The van der Waals surface area contributed by atoms with Crippen LogP contribution >= 0.6 is 59.1 Å². The molecule has 1 aromatic heterocycles. The third kappa shape index (κ3) is 2.86. The van der Waals surface area contributed by atoms with Crippen LogP contribution in [0.25, 0.3) is 0 Å². The van der Waals surface area contributed by atoms with Crippen LogP contribution in [-0.4, -0.2) is 5.78 Å². The summed E-state index contributed by atoms with van der Waals surface area (Å²) in [5.41, 5.74) is 0.340. The maximum atomic E-state index is 13.3. The van der Waals surface area contributed by atoms with Gasteiger partial charge < -0.3 is 0 Å². The highest BCUT2D eigenvalue weighted by atomic mass is 79.9. The topological polar surface area (TPSA) is 17.1 Å². The number of carbonyl (C=O) groups is 1. The van der Waals surface area contributed by atoms with Crippen LogP contribution in [0, 0.1) is 5.82 Å². The minimum absolute atomic E-state index is 0.187. The van der Waals surface area contributed by atoms with E-state index < -0.39 is 5.82 Å². The van der Waals surface area contributed by atoms with Crippen molar-refractivity contribution in [3.63, 3.8) is 0 Å². The molecule has 1 aromatic carbocycles. The van der Waals surface area contributed by atoms with Crippen LogP contribution in [0.1, 0.15) is 15.2 Å². The molecule has 2 rings (SSSR count). The summed E-state index contributed by atoms with van der Waals surface area (Å²) in [4.78, 5) is 12.6. The molecule has 0 bridgehead atoms. The summed E-state index contributed by atoms with van der Waals surface area (Å²) in [6.07, 6.45) is 0. The van der Waals surface area contributed by atoms with Gasteiger partial charge in [0.05, 0.1) is 13.1 Å². The number of hydrogen-bond acceptors (Lipinski definition) is 2. The minimum atomic E-state index is -0.439. The lowest BCUT2D eigenvalue weighted by molar-refractivity contribution is 0.104. The first-order chi connectivity index (χ1) is 7.99. The number of rotatable bonds is 2. The third-order valence-corrected chi connectivity index (χ3v) is 5.95. The van der Waals surface area contributed by atoms with Gasteiger partial charge >= 0.3 is 0 Å². The van der Waals surface area contributed by atoms with E-state index in [1.807, 2.05) is 0 Å². The van der Waals surface area contributed by atoms with E-state index in [2.05, 4.69) is 47.8 Å². The van der Waals surface area contributed by atoms with Crippen LogP contribution in [0.4, 0.5) is 4.39 Å². The van der Waals surface area contributed by atoms with E-state index in [4.69, 9.17) is 0 Å². The van der Waals surface area contributed by atoms with Gasteiger partial charge in [-0.1, -0.05) is 0 Å². The summed E-state index contributed by atoms with van der Waals surface area (Å²) in [6, 6.07) is 6.07. The second-order valence-corrected chi connectivity index (χ2v) is 7.27. The average molecular weight is 443 g/mol. The first kappa shape index (κ1) is 13.4. The number of hydrogen-bond donors (Lipinski definition) is 0. The zero-order valence-electron chi connectivity index (χ0n) is 8.14. The first-order valence-corrected chi connectivity index (χ1v) is 7.63. The van der Waals surface area contributed by atoms with E-state index >= 15 is 0 Å². The Morgan fingerprint density at radius 3 is 2.35 bits per heavy atom. The number of carbonyl (C=O) groups excluding carboxylic acids is 1. The summed E-state index contributed by atoms with van der Waals surface area (Å²) in [7, 11) is 0. The molecule has 0 N–H and O–H groups in total. The van der Waals surface area contributed by atoms with Crippen LogP contribution in [0.15, 0.2) is 37.0 Å². The third-order valence-electron chi connectivity index (χ3n) is 2.05. The van der Waals surface area contributed by atoms with E-state index in [-0.39, 0.29) is 5.78 Å². The van der Waals surface area contributed by atoms with Gasteiger partial charge in [-0.2, -0.15) is 0 Å². The average Bonchev–Trinajstić information content (AvgIpc) is 2.62. The molecule has 0 aliphatic rings. The lowest BCUT2D eigenvalue weighted by Crippen LogP contribution is -1.99. The molecule has 0 saturated heterocycles. The van der Waals surface area contributed by atoms with Crippen molar-refractivity contribution in [1.29, 1.82) is 0 Å². The molecular weight excluding hydrogens is 439 g/mol. The largest absolute Gasteiger partial charge is 0.288 e. The quantitative estimate of drug-likeness (QED) is 0.569. The Hall–Kier alpha value is -0.0400. The van der Waals surface area contributed by atoms with Gasteiger partial charge in [0.2, 0.25) is 5.78 Å². The van der Waals surface area contributed by atoms with E-state index in [1.54, 1.807) is 12.1 Å². The molecule has 17 heavy (non-hydrogen) atoms. The van der Waals surface area contributed by atoms with Gasteiger partial charge in [-0.15, -0.1) is 11.3 Å². The smallest absolute Gasteiger partial charge is 0.203 e. The maximum Gasteiger partial charge on any atom is 0.203 e. The van der Waals surface area contributed by atoms with Gasteiger partial charge in [0.25, 0.3) is 0 Å². The van der Waals surface area contributed by atoms with E-state index in [1.165, 1.54) is 23.5 Å². The second-order valence-electron chi connectivity index (χ2n) is 3.19. The van der Waals surface area contributed by atoms with Crippen LogP contribution in [0.2, 0.25) is 0 Å². The Labute approximate surface area is 126 Å². The normalized spacial score (nSPS) is 10.6. The Morgan fingerprint density at radius 1 is 1.12 bits per heavy atom. The van der Waals surface area contributed by atoms with Crippen molar-refractivity contribution in [2.75, 3.05) is 0 Å². The number of halogens is 4. The molecular formula is C11H4Br3FOS. The monoisotopic (exact) mass is 440 g/mol. The van der Waals surface area contributed by atoms with Crippen molar-refractivity contribution in [3.8, 4) is 0 Å². The van der Waals surface area contributed by atoms with Gasteiger partial charge in [-0.05, 0) is 72.1 Å². The fraction of sp³-hybridized carbons (Fsp3) is 0. The summed E-state index contributed by atoms with van der Waals surface area (Å²) in [6.45, 7) is 0. The molecule has 0 unspecified atom stereocenters. The molecule has 0 aliphatic heterocycles. The molecule has 2 aromatic rings. The zero-order chi connectivity index (χ0) is 12.6. The summed E-state index contributed by atoms with van der Waals surface area (Å²) in [5, 5.41) is 0. The summed E-state index contributed by atoms with van der Waals surface area (Å²) >= 11 is 11.0. The minimum Gasteiger partial charge on any atom is -0.288 e. The second kappa shape index (κ2) is 5.30. The molecule has 0 atom stereocenters. The molecule has 0 spiro atoms. The van der Waals surface area contributed by atoms with E-state index in [9.17, 15) is 9.18 Å². The van der Waals surface area contributed by atoms with Crippen molar-refractivity contribution in [2.24, 2.45) is 0 Å². The van der Waals surface area contributed by atoms with Crippen LogP contribution in [0.5, 0.6) is 0 Å². The van der Waals surface area contributed by atoms with Crippen LogP contribution in [0.3, 0.4) is 0 Å². The van der Waals surface area contributed by atoms with Crippen molar-refractivity contribution >= 4 is 64.9 Å². The van der Waals surface area contributed by atoms with Crippen LogP contribution < -0.4 is 0 Å². The van der Waals surface area contributed by atoms with Gasteiger partial charge in [0.15, 0.2) is 0 Å². The van der Waals surface area contributed by atoms with Crippen molar-refractivity contribution in [3.05, 3.63) is 53.3 Å². The number of ketones is 1. The van der Waals surface area contributed by atoms with Gasteiger partial charge in [0.1, 0.15) is 5.82 Å². The molecule has 0 amide bonds. The molecule has 0 fully saturated rings. The lowest BCUT2D eigenvalue weighted by atomic mass is 10.1. The number of benzene rings is 1. The lowest BCUT2D eigenvalue weighted by Gasteiger charge is -1.99. The van der Waals surface area contributed by atoms with Crippen molar-refractivity contribution < 1.29 is 9.18 Å². The highest BCUT2D eigenvalue weighted by Gasteiger charge is 2.15. The SMILES string of the molecule is O=C(c1ccc(Br)c(F)c1)c1cc(Br)c(Br)s1. The van der Waals surface area contributed by atoms with Gasteiger partial charge in [-0.3, -0.25) is 4.79 Å². The van der Waals surface area contributed by atoms with Crippen molar-refractivity contribution in [1.82, 2.24) is 0 Å². The summed E-state index contributed by atoms with van der Waals surface area (Å²) in [5.74, 6) is -0.627.